The first-order valence-electron chi connectivity index (χ1n) is 3.87. The first-order chi connectivity index (χ1) is 5.23. The van der Waals surface area contributed by atoms with E-state index >= 15 is 0 Å². The molecule has 68 valence electrons. The van der Waals surface area contributed by atoms with Gasteiger partial charge in [-0.25, -0.2) is 0 Å². The van der Waals surface area contributed by atoms with Crippen LogP contribution < -0.4 is 0 Å². The van der Waals surface area contributed by atoms with Gasteiger partial charge < -0.3 is 5.11 Å². The van der Waals surface area contributed by atoms with Gasteiger partial charge in [0.25, 0.3) is 0 Å². The van der Waals surface area contributed by atoms with Crippen molar-refractivity contribution in [2.75, 3.05) is 0 Å². The summed E-state index contributed by atoms with van der Waals surface area (Å²) in [4.78, 5) is 11.5. The lowest BCUT2D eigenvalue weighted by Crippen LogP contribution is -2.34. The van der Waals surface area contributed by atoms with Gasteiger partial charge in [-0.3, -0.25) is 4.79 Å². The Bertz CT molecular complexity index is 274. The number of halogens is 1. The van der Waals surface area contributed by atoms with Crippen LogP contribution in [0, 0.1) is 10.8 Å². The largest absolute Gasteiger partial charge is 0.504 e. The number of hydrogen-bond donors (Lipinski definition) is 1. The topological polar surface area (TPSA) is 37.3 Å². The van der Waals surface area contributed by atoms with Crippen molar-refractivity contribution in [2.24, 2.45) is 10.8 Å². The van der Waals surface area contributed by atoms with E-state index in [4.69, 9.17) is 0 Å². The van der Waals surface area contributed by atoms with Gasteiger partial charge in [0.15, 0.2) is 5.76 Å². The van der Waals surface area contributed by atoms with Crippen LogP contribution in [-0.4, -0.2) is 10.9 Å². The molecule has 0 heterocycles. The fraction of sp³-hybridized carbons (Fsp3) is 0.667. The Morgan fingerprint density at radius 2 is 1.58 bits per heavy atom. The van der Waals surface area contributed by atoms with Crippen molar-refractivity contribution in [3.8, 4) is 0 Å². The fourth-order valence-corrected chi connectivity index (χ4v) is 1.93. The van der Waals surface area contributed by atoms with E-state index in [-0.39, 0.29) is 17.0 Å². The average Bonchev–Trinajstić information content (AvgIpc) is 2.05. The third-order valence-electron chi connectivity index (χ3n) is 3.10. The summed E-state index contributed by atoms with van der Waals surface area (Å²) in [5.41, 5.74) is -0.829. The van der Waals surface area contributed by atoms with Gasteiger partial charge in [0, 0.05) is 15.3 Å². The Labute approximate surface area is 80.8 Å². The van der Waals surface area contributed by atoms with Crippen LogP contribution in [0.25, 0.3) is 0 Å². The zero-order valence-electron chi connectivity index (χ0n) is 7.73. The van der Waals surface area contributed by atoms with Crippen molar-refractivity contribution in [3.63, 3.8) is 0 Å². The average molecular weight is 233 g/mol. The highest BCUT2D eigenvalue weighted by molar-refractivity contribution is 9.11. The van der Waals surface area contributed by atoms with Gasteiger partial charge >= 0.3 is 0 Å². The molecule has 0 fully saturated rings. The molecule has 1 rings (SSSR count). The molecule has 2 nitrogen and oxygen atoms in total. The maximum absolute atomic E-state index is 11.5. The van der Waals surface area contributed by atoms with Gasteiger partial charge in [0.1, 0.15) is 0 Å². The van der Waals surface area contributed by atoms with E-state index in [1.165, 1.54) is 0 Å². The number of rotatable bonds is 0. The Hall–Kier alpha value is -0.310. The summed E-state index contributed by atoms with van der Waals surface area (Å²) >= 11 is 3.25. The van der Waals surface area contributed by atoms with E-state index in [0.29, 0.717) is 4.48 Å². The summed E-state index contributed by atoms with van der Waals surface area (Å²) in [6.07, 6.45) is 0. The molecule has 0 saturated carbocycles. The minimum absolute atomic E-state index is 0.120. The maximum atomic E-state index is 11.5. The number of carbonyl (C=O) groups is 1. The smallest absolute Gasteiger partial charge is 0.204 e. The summed E-state index contributed by atoms with van der Waals surface area (Å²) in [6, 6.07) is 0. The van der Waals surface area contributed by atoms with Crippen LogP contribution in [-0.2, 0) is 4.79 Å². The van der Waals surface area contributed by atoms with Crippen molar-refractivity contribution in [1.82, 2.24) is 0 Å². The Morgan fingerprint density at radius 3 is 1.67 bits per heavy atom. The van der Waals surface area contributed by atoms with Gasteiger partial charge in [-0.1, -0.05) is 43.6 Å². The molecule has 0 radical (unpaired) electrons. The monoisotopic (exact) mass is 232 g/mol. The molecule has 0 aliphatic heterocycles. The summed E-state index contributed by atoms with van der Waals surface area (Å²) in [7, 11) is 0. The van der Waals surface area contributed by atoms with Crippen LogP contribution >= 0.6 is 15.9 Å². The molecular weight excluding hydrogens is 220 g/mol. The van der Waals surface area contributed by atoms with E-state index in [1.54, 1.807) is 0 Å². The van der Waals surface area contributed by atoms with Crippen LogP contribution in [0.1, 0.15) is 27.7 Å². The van der Waals surface area contributed by atoms with Crippen LogP contribution in [0.5, 0.6) is 0 Å². The van der Waals surface area contributed by atoms with Gasteiger partial charge in [0.2, 0.25) is 5.78 Å². The number of carbonyl (C=O) groups excluding carboxylic acids is 1. The van der Waals surface area contributed by atoms with Gasteiger partial charge in [-0.2, -0.15) is 0 Å². The molecule has 1 N–H and O–H groups in total. The minimum Gasteiger partial charge on any atom is -0.504 e. The standard InChI is InChI=1S/C9H13BrO2/c1-8(2)6(10)5(11)7(12)9(8,3)4/h11H,1-4H3. The lowest BCUT2D eigenvalue weighted by atomic mass is 9.70. The molecule has 0 spiro atoms. The predicted octanol–water partition coefficient (Wildman–Crippen LogP) is 2.79. The van der Waals surface area contributed by atoms with Crippen LogP contribution in [0.2, 0.25) is 0 Å². The van der Waals surface area contributed by atoms with Crippen molar-refractivity contribution < 1.29 is 9.90 Å². The third-order valence-corrected chi connectivity index (χ3v) is 4.47. The Balaban J connectivity index is 3.31. The first-order valence-corrected chi connectivity index (χ1v) is 4.66. The van der Waals surface area contributed by atoms with E-state index < -0.39 is 5.41 Å². The van der Waals surface area contributed by atoms with E-state index in [9.17, 15) is 9.90 Å². The van der Waals surface area contributed by atoms with Crippen molar-refractivity contribution in [1.29, 1.82) is 0 Å². The number of aliphatic hydroxyl groups excluding tert-OH is 1. The molecule has 0 aromatic carbocycles. The molecule has 0 aromatic heterocycles. The summed E-state index contributed by atoms with van der Waals surface area (Å²) in [5, 5.41) is 9.42. The lowest BCUT2D eigenvalue weighted by molar-refractivity contribution is -0.127. The summed E-state index contributed by atoms with van der Waals surface area (Å²) < 4.78 is 0.616. The number of hydrogen-bond acceptors (Lipinski definition) is 2. The number of Topliss-reactive ketones (excluding diaryl/α,β-unsaturated/α-hetero) is 1. The predicted molar refractivity (Wildman–Crippen MR) is 51.2 cm³/mol. The van der Waals surface area contributed by atoms with Crippen LogP contribution in [0.4, 0.5) is 0 Å². The Morgan fingerprint density at radius 1 is 1.17 bits per heavy atom. The van der Waals surface area contributed by atoms with E-state index in [0.717, 1.165) is 0 Å². The quantitative estimate of drug-likeness (QED) is 0.698. The summed E-state index contributed by atoms with van der Waals surface area (Å²) in [5.74, 6) is -0.302. The molecule has 1 aliphatic rings. The fourth-order valence-electron chi connectivity index (χ4n) is 1.25. The molecule has 0 aromatic rings. The summed E-state index contributed by atoms with van der Waals surface area (Å²) in [6.45, 7) is 7.58. The van der Waals surface area contributed by atoms with E-state index in [1.807, 2.05) is 27.7 Å². The molecular formula is C9H13BrO2. The highest BCUT2D eigenvalue weighted by atomic mass is 79.9. The van der Waals surface area contributed by atoms with Gasteiger partial charge in [-0.05, 0) is 0 Å². The molecule has 12 heavy (non-hydrogen) atoms. The Kier molecular flexibility index (Phi) is 1.91. The van der Waals surface area contributed by atoms with Crippen molar-refractivity contribution in [3.05, 3.63) is 10.2 Å². The molecule has 0 saturated heterocycles. The first kappa shape index (κ1) is 9.78. The zero-order valence-corrected chi connectivity index (χ0v) is 9.32. The molecule has 0 unspecified atom stereocenters. The highest BCUT2D eigenvalue weighted by Crippen LogP contribution is 2.54. The molecule has 0 amide bonds. The van der Waals surface area contributed by atoms with Crippen LogP contribution in [0.3, 0.4) is 0 Å². The third kappa shape index (κ3) is 0.889. The van der Waals surface area contributed by atoms with Crippen molar-refractivity contribution >= 4 is 21.7 Å². The number of aliphatic hydroxyl groups is 1. The SMILES string of the molecule is CC1(C)C(=O)C(O)=C(Br)C1(C)C. The number of allylic oxidation sites excluding steroid dienone is 2. The molecule has 0 bridgehead atoms. The second kappa shape index (κ2) is 2.34. The zero-order chi connectivity index (χ0) is 9.73. The molecule has 3 heteroatoms. The van der Waals surface area contributed by atoms with Crippen LogP contribution in [0.15, 0.2) is 10.2 Å². The second-order valence-corrected chi connectivity index (χ2v) is 5.03. The molecule has 0 atom stereocenters. The number of ketones is 1. The minimum atomic E-state index is -0.518. The maximum Gasteiger partial charge on any atom is 0.204 e. The second-order valence-electron chi connectivity index (χ2n) is 4.24. The normalized spacial score (nSPS) is 26.6. The van der Waals surface area contributed by atoms with Gasteiger partial charge in [0.05, 0.1) is 0 Å². The lowest BCUT2D eigenvalue weighted by Gasteiger charge is -2.33. The van der Waals surface area contributed by atoms with Crippen molar-refractivity contribution in [2.45, 2.75) is 27.7 Å². The van der Waals surface area contributed by atoms with Gasteiger partial charge in [-0.15, -0.1) is 0 Å². The highest BCUT2D eigenvalue weighted by Gasteiger charge is 2.53. The van der Waals surface area contributed by atoms with E-state index in [2.05, 4.69) is 15.9 Å². The molecule has 1 aliphatic carbocycles.